The maximum atomic E-state index is 13.7. The predicted octanol–water partition coefficient (Wildman–Crippen LogP) is 14.9. The molecule has 48 heteroatoms. The first-order valence-electron chi connectivity index (χ1n) is 14.0. The fraction of sp³-hybridized carbons (Fsp3) is 1.00. The molecule has 0 bridgehead atoms. The lowest BCUT2D eigenvalue weighted by Gasteiger charge is -2.40. The summed E-state index contributed by atoms with van der Waals surface area (Å²) in [6.07, 6.45) is -138. The van der Waals surface area contributed by atoms with Crippen LogP contribution >= 0.6 is 23.0 Å². The van der Waals surface area contributed by atoms with E-state index in [0.717, 1.165) is 13.5 Å². The summed E-state index contributed by atoms with van der Waals surface area (Å²) in [6, 6.07) is 0. The minimum atomic E-state index is -9.84. The van der Waals surface area contributed by atoms with E-state index < -0.39 is 134 Å². The van der Waals surface area contributed by atoms with Crippen LogP contribution in [0.2, 0.25) is 0 Å². The van der Waals surface area contributed by atoms with Crippen LogP contribution in [-0.2, 0) is 27.1 Å². The van der Waals surface area contributed by atoms with Crippen molar-refractivity contribution in [2.24, 2.45) is 13.5 Å². The lowest BCUT2D eigenvalue weighted by Crippen LogP contribution is -2.48. The summed E-state index contributed by atoms with van der Waals surface area (Å²) in [5.74, 6) is 0. The largest absolute Gasteiger partial charge is 0.424 e. The lowest BCUT2D eigenvalue weighted by molar-refractivity contribution is -0.312. The van der Waals surface area contributed by atoms with Crippen LogP contribution in [0.5, 0.6) is 0 Å². The van der Waals surface area contributed by atoms with E-state index in [-0.39, 0.29) is 0 Å². The number of rotatable bonds is 12. The molecule has 0 aromatic carbocycles. The molecule has 0 aromatic heterocycles. The summed E-state index contributed by atoms with van der Waals surface area (Å²) in [6.45, 7) is 0. The summed E-state index contributed by atoms with van der Waals surface area (Å²) in [5.41, 5.74) is 0. The second-order valence-electron chi connectivity index (χ2n) is 11.2. The van der Waals surface area contributed by atoms with Gasteiger partial charge < -0.3 is 0 Å². The Morgan fingerprint density at radius 2 is 0.258 bits per heavy atom. The summed E-state index contributed by atoms with van der Waals surface area (Å²) in [4.78, 5) is 0. The molecule has 0 N–H and O–H groups in total. The van der Waals surface area contributed by atoms with Crippen molar-refractivity contribution < 1.29 is 185 Å². The molecule has 1 heterocycles. The van der Waals surface area contributed by atoms with Crippen molar-refractivity contribution in [1.82, 2.24) is 0 Å². The van der Waals surface area contributed by atoms with Crippen LogP contribution in [-0.4, -0.2) is 111 Å². The highest BCUT2D eigenvalue weighted by Gasteiger charge is 2.72. The average molecular weight is 1140 g/mol. The molecule has 0 radical (unpaired) electrons. The van der Waals surface area contributed by atoms with Gasteiger partial charge in [-0.15, -0.1) is 13.5 Å². The first kappa shape index (κ1) is 61.9. The van der Waals surface area contributed by atoms with Crippen molar-refractivity contribution in [3.05, 3.63) is 0 Å². The number of halogens is 36. The number of alkyl halides is 36. The van der Waals surface area contributed by atoms with Gasteiger partial charge in [0.2, 0.25) is 0 Å². The third-order valence-electron chi connectivity index (χ3n) is 5.70. The topological polar surface area (TPSA) is 92.5 Å². The van der Waals surface area contributed by atoms with Gasteiger partial charge in [0.05, 0.1) is 0 Å². The molecule has 396 valence electrons. The molecule has 0 saturated heterocycles. The zero-order valence-corrected chi connectivity index (χ0v) is 30.9. The third kappa shape index (κ3) is 16.5. The Morgan fingerprint density at radius 1 is 0.182 bits per heavy atom. The summed E-state index contributed by atoms with van der Waals surface area (Å²) in [7, 11) is -29.5. The van der Waals surface area contributed by atoms with Crippen LogP contribution in [0.25, 0.3) is 0 Å². The molecule has 0 atom stereocenters. The van der Waals surface area contributed by atoms with Crippen molar-refractivity contribution in [2.45, 2.75) is 111 Å². The highest BCUT2D eigenvalue weighted by Crippen LogP contribution is 2.84. The molecule has 0 amide bonds. The Labute approximate surface area is 333 Å². The smallest absolute Gasteiger partial charge is 0.283 e. The molecule has 1 aliphatic heterocycles. The van der Waals surface area contributed by atoms with Gasteiger partial charge in [-0.3, -0.25) is 27.1 Å². The van der Waals surface area contributed by atoms with Crippen molar-refractivity contribution >= 4 is 23.0 Å². The summed E-state index contributed by atoms with van der Waals surface area (Å²) >= 11 is 0. The normalized spacial score (nSPS) is 19.0. The number of nitrogens with zero attached hydrogens (tertiary/aromatic N) is 3. The second-order valence-corrected chi connectivity index (χ2v) is 17.5. The average Bonchev–Trinajstić information content (AvgIpc) is 2.95. The van der Waals surface area contributed by atoms with E-state index in [4.69, 9.17) is 0 Å². The molecular formula is C18H6F36N3O6P3. The van der Waals surface area contributed by atoms with E-state index in [1.807, 2.05) is 0 Å². The van der Waals surface area contributed by atoms with Crippen molar-refractivity contribution in [1.29, 1.82) is 0 Å². The van der Waals surface area contributed by atoms with Crippen LogP contribution in [0, 0.1) is 0 Å². The van der Waals surface area contributed by atoms with Gasteiger partial charge in [0.25, 0.3) is 36.6 Å². The minimum absolute atomic E-state index is 0.913. The highest BCUT2D eigenvalue weighted by atomic mass is 31.3. The molecule has 1 rings (SSSR count). The van der Waals surface area contributed by atoms with Gasteiger partial charge in [-0.05, 0) is 0 Å². The number of hydrogen-bond acceptors (Lipinski definition) is 9. The molecule has 0 aliphatic carbocycles. The van der Waals surface area contributed by atoms with Crippen LogP contribution < -0.4 is 0 Å². The maximum absolute atomic E-state index is 13.7. The van der Waals surface area contributed by atoms with Crippen LogP contribution in [0.1, 0.15) is 0 Å². The van der Waals surface area contributed by atoms with Gasteiger partial charge >= 0.3 is 97.1 Å². The van der Waals surface area contributed by atoms with Crippen LogP contribution in [0.15, 0.2) is 13.5 Å². The Kier molecular flexibility index (Phi) is 17.1. The van der Waals surface area contributed by atoms with Crippen molar-refractivity contribution in [3.63, 3.8) is 0 Å². The Hall–Kier alpha value is -2.07. The van der Waals surface area contributed by atoms with Gasteiger partial charge in [0.15, 0.2) is 0 Å². The van der Waals surface area contributed by atoms with E-state index in [0.29, 0.717) is 0 Å². The number of hydrogen-bond donors (Lipinski definition) is 0. The highest BCUT2D eigenvalue weighted by molar-refractivity contribution is 7.78. The fourth-order valence-electron chi connectivity index (χ4n) is 3.46. The van der Waals surface area contributed by atoms with Crippen LogP contribution in [0.4, 0.5) is 158 Å². The summed E-state index contributed by atoms with van der Waals surface area (Å²) in [5, 5.41) is 0. The summed E-state index contributed by atoms with van der Waals surface area (Å²) < 4.78 is 511. The lowest BCUT2D eigenvalue weighted by atomic mass is 10.3. The predicted molar refractivity (Wildman–Crippen MR) is 130 cm³/mol. The Balaban J connectivity index is 5.70. The van der Waals surface area contributed by atoms with E-state index in [2.05, 4.69) is 27.1 Å². The quantitative estimate of drug-likeness (QED) is 0.143. The zero-order chi connectivity index (χ0) is 53.3. The molecule has 0 fully saturated rings. The van der Waals surface area contributed by atoms with Crippen LogP contribution in [0.3, 0.4) is 0 Å². The monoisotopic (exact) mass is 1140 g/mol. The van der Waals surface area contributed by atoms with Crippen molar-refractivity contribution in [3.8, 4) is 0 Å². The van der Waals surface area contributed by atoms with Gasteiger partial charge in [-0.1, -0.05) is 0 Å². The molecule has 66 heavy (non-hydrogen) atoms. The molecule has 0 spiro atoms. The Morgan fingerprint density at radius 3 is 0.318 bits per heavy atom. The van der Waals surface area contributed by atoms with Gasteiger partial charge in [0.1, 0.15) is 0 Å². The third-order valence-corrected chi connectivity index (χ3v) is 14.0. The van der Waals surface area contributed by atoms with Crippen molar-refractivity contribution in [2.75, 3.05) is 0 Å². The molecule has 0 saturated carbocycles. The van der Waals surface area contributed by atoms with Gasteiger partial charge in [0, 0.05) is 0 Å². The second kappa shape index (κ2) is 18.3. The first-order valence-corrected chi connectivity index (χ1v) is 18.6. The Bertz CT molecular complexity index is 1410. The van der Waals surface area contributed by atoms with E-state index in [9.17, 15) is 158 Å². The van der Waals surface area contributed by atoms with E-state index in [1.165, 1.54) is 0 Å². The van der Waals surface area contributed by atoms with E-state index in [1.54, 1.807) is 0 Å². The van der Waals surface area contributed by atoms with Gasteiger partial charge in [-0.25, -0.2) is 0 Å². The molecule has 0 unspecified atom stereocenters. The molecular weight excluding hydrogens is 1130 g/mol. The maximum Gasteiger partial charge on any atom is 0.424 e. The zero-order valence-electron chi connectivity index (χ0n) is 28.2. The molecule has 9 nitrogen and oxygen atoms in total. The molecule has 1 aliphatic rings. The van der Waals surface area contributed by atoms with E-state index >= 15 is 0 Å². The minimum Gasteiger partial charge on any atom is -0.283 e. The first-order chi connectivity index (χ1) is 28.2. The SMILES string of the molecule is FC(F)(F)C(OP1(OC(C(F)(F)F)C(F)(F)F)=NP(OC(C(F)(F)F)C(F)(F)F)(OC(C(F)(F)F)C(F)(F)F)=NP(OC(C(F)(F)F)C(F)(F)F)(OC(C(F)(F)F)C(F)(F)F)=N1)C(F)(F)F. The molecule has 0 aromatic rings. The standard InChI is InChI=1S/C18H6F36N3O6P3/c19-7(20,21)1(8(22,23)24)58-64(59-2(9(25,26)27)10(28,29)30)55-65(60-3(11(31,32)33)12(34,35)36,61-4(13(37,38)39)14(40,41)42)57-66(56-64,62-5(15(43,44)45)16(46,47)48)63-6(17(49,50)51)18(52,53)54/h1-6H. The fourth-order valence-corrected chi connectivity index (χ4v) is 13.5. The van der Waals surface area contributed by atoms with Gasteiger partial charge in [-0.2, -0.15) is 158 Å².